The van der Waals surface area contributed by atoms with Crippen molar-refractivity contribution in [3.8, 4) is 11.5 Å². The zero-order valence-corrected chi connectivity index (χ0v) is 14.2. The molecule has 0 atom stereocenters. The maximum absolute atomic E-state index is 6.00. The van der Waals surface area contributed by atoms with Crippen molar-refractivity contribution in [1.82, 2.24) is 30.0 Å². The number of fused-ring (bicyclic) bond motifs is 1. The molecule has 4 aromatic rings. The highest BCUT2D eigenvalue weighted by Crippen LogP contribution is 2.18. The molecule has 0 amide bonds. The second kappa shape index (κ2) is 6.62. The zero-order valence-electron chi connectivity index (χ0n) is 13.5. The lowest BCUT2D eigenvalue weighted by Crippen LogP contribution is -2.18. The van der Waals surface area contributed by atoms with E-state index in [1.807, 2.05) is 48.3 Å². The summed E-state index contributed by atoms with van der Waals surface area (Å²) in [7, 11) is 1.96. The van der Waals surface area contributed by atoms with E-state index in [1.54, 1.807) is 6.20 Å². The summed E-state index contributed by atoms with van der Waals surface area (Å²) in [6.45, 7) is 1.13. The molecule has 25 heavy (non-hydrogen) atoms. The quantitative estimate of drug-likeness (QED) is 0.592. The molecule has 0 radical (unpaired) electrons. The number of H-pyrrole nitrogens is 1. The summed E-state index contributed by atoms with van der Waals surface area (Å²) in [5.41, 5.74) is 2.50. The molecule has 0 bridgehead atoms. The number of hydrogen-bond donors (Lipinski definition) is 1. The van der Waals surface area contributed by atoms with Gasteiger partial charge in [-0.05, 0) is 37.4 Å². The minimum Gasteiger partial charge on any atom is -0.341 e. The molecule has 0 aliphatic carbocycles. The van der Waals surface area contributed by atoms with Crippen molar-refractivity contribution in [1.29, 1.82) is 0 Å². The number of nitrogens with zero attached hydrogens (tertiary/aromatic N) is 5. The molecular formula is C17H15ClN6O. The van der Waals surface area contributed by atoms with Gasteiger partial charge in [-0.3, -0.25) is 9.88 Å². The van der Waals surface area contributed by atoms with E-state index >= 15 is 0 Å². The van der Waals surface area contributed by atoms with Crippen molar-refractivity contribution >= 4 is 22.6 Å². The molecular weight excluding hydrogens is 340 g/mol. The molecule has 0 fully saturated rings. The van der Waals surface area contributed by atoms with Crippen LogP contribution in [0, 0.1) is 0 Å². The Morgan fingerprint density at radius 2 is 2.08 bits per heavy atom. The summed E-state index contributed by atoms with van der Waals surface area (Å²) in [5, 5.41) is 4.66. The van der Waals surface area contributed by atoms with Crippen molar-refractivity contribution in [2.45, 2.75) is 13.1 Å². The topological polar surface area (TPSA) is 83.7 Å². The highest BCUT2D eigenvalue weighted by molar-refractivity contribution is 6.31. The fourth-order valence-corrected chi connectivity index (χ4v) is 2.74. The Labute approximate surface area is 148 Å². The average molecular weight is 355 g/mol. The molecule has 0 saturated carbocycles. The largest absolute Gasteiger partial charge is 0.341 e. The van der Waals surface area contributed by atoms with Crippen LogP contribution in [0.5, 0.6) is 0 Å². The van der Waals surface area contributed by atoms with Gasteiger partial charge >= 0.3 is 0 Å². The molecule has 4 rings (SSSR count). The molecule has 126 valence electrons. The Morgan fingerprint density at radius 3 is 2.92 bits per heavy atom. The van der Waals surface area contributed by atoms with Gasteiger partial charge in [0.1, 0.15) is 11.5 Å². The monoisotopic (exact) mass is 354 g/mol. The maximum atomic E-state index is 6.00. The van der Waals surface area contributed by atoms with Crippen LogP contribution >= 0.6 is 11.6 Å². The Bertz CT molecular complexity index is 997. The van der Waals surface area contributed by atoms with Gasteiger partial charge in [-0.25, -0.2) is 4.98 Å². The number of halogens is 1. The van der Waals surface area contributed by atoms with E-state index < -0.39 is 0 Å². The van der Waals surface area contributed by atoms with Gasteiger partial charge < -0.3 is 9.51 Å². The van der Waals surface area contributed by atoms with Crippen LogP contribution in [-0.4, -0.2) is 37.0 Å². The summed E-state index contributed by atoms with van der Waals surface area (Å²) in [4.78, 5) is 18.5. The first kappa shape index (κ1) is 15.7. The Morgan fingerprint density at radius 1 is 1.16 bits per heavy atom. The summed E-state index contributed by atoms with van der Waals surface area (Å²) in [5.74, 6) is 1.87. The number of aromatic nitrogens is 5. The molecule has 8 heteroatoms. The van der Waals surface area contributed by atoms with Crippen molar-refractivity contribution in [2.75, 3.05) is 7.05 Å². The lowest BCUT2D eigenvalue weighted by atomic mass is 10.3. The molecule has 7 nitrogen and oxygen atoms in total. The van der Waals surface area contributed by atoms with Crippen molar-refractivity contribution in [3.05, 3.63) is 59.3 Å². The van der Waals surface area contributed by atoms with Crippen LogP contribution in [0.15, 0.2) is 47.1 Å². The molecule has 3 aromatic heterocycles. The number of benzene rings is 1. The van der Waals surface area contributed by atoms with Crippen LogP contribution in [0.3, 0.4) is 0 Å². The number of pyridine rings is 1. The summed E-state index contributed by atoms with van der Waals surface area (Å²) in [6.07, 6.45) is 1.70. The average Bonchev–Trinajstić information content (AvgIpc) is 3.21. The lowest BCUT2D eigenvalue weighted by molar-refractivity contribution is 0.257. The molecule has 0 aliphatic heterocycles. The third-order valence-corrected chi connectivity index (χ3v) is 3.92. The van der Waals surface area contributed by atoms with E-state index in [2.05, 4.69) is 25.1 Å². The summed E-state index contributed by atoms with van der Waals surface area (Å²) < 4.78 is 5.31. The van der Waals surface area contributed by atoms with Gasteiger partial charge in [0.25, 0.3) is 0 Å². The Hall–Kier alpha value is -2.77. The van der Waals surface area contributed by atoms with Crippen LogP contribution in [-0.2, 0) is 13.1 Å². The highest BCUT2D eigenvalue weighted by atomic mass is 35.5. The van der Waals surface area contributed by atoms with Crippen LogP contribution in [0.4, 0.5) is 0 Å². The smallest absolute Gasteiger partial charge is 0.241 e. The first-order chi connectivity index (χ1) is 12.2. The van der Waals surface area contributed by atoms with Crippen LogP contribution in [0.2, 0.25) is 5.02 Å². The predicted molar refractivity (Wildman–Crippen MR) is 93.8 cm³/mol. The number of hydrogen-bond acceptors (Lipinski definition) is 6. The first-order valence-electron chi connectivity index (χ1n) is 7.74. The molecule has 0 unspecified atom stereocenters. The van der Waals surface area contributed by atoms with Gasteiger partial charge in [-0.15, -0.1) is 0 Å². The SMILES string of the molecule is CN(Cc1nc2ccc(Cl)cc2[nH]1)Cc1nc(-c2ccccn2)no1. The normalized spacial score (nSPS) is 11.5. The second-order valence-corrected chi connectivity index (χ2v) is 6.18. The third kappa shape index (κ3) is 3.52. The number of rotatable bonds is 5. The minimum absolute atomic E-state index is 0.488. The van der Waals surface area contributed by atoms with Gasteiger partial charge in [0.05, 0.1) is 24.1 Å². The van der Waals surface area contributed by atoms with E-state index in [9.17, 15) is 0 Å². The maximum Gasteiger partial charge on any atom is 0.241 e. The lowest BCUT2D eigenvalue weighted by Gasteiger charge is -2.11. The van der Waals surface area contributed by atoms with E-state index in [0.29, 0.717) is 35.5 Å². The summed E-state index contributed by atoms with van der Waals surface area (Å²) in [6, 6.07) is 11.2. The molecule has 1 N–H and O–H groups in total. The molecule has 1 aromatic carbocycles. The zero-order chi connectivity index (χ0) is 17.2. The Balaban J connectivity index is 1.45. The molecule has 0 aliphatic rings. The highest BCUT2D eigenvalue weighted by Gasteiger charge is 2.13. The van der Waals surface area contributed by atoms with Crippen molar-refractivity contribution in [3.63, 3.8) is 0 Å². The van der Waals surface area contributed by atoms with Crippen molar-refractivity contribution < 1.29 is 4.52 Å². The number of aromatic amines is 1. The molecule has 3 heterocycles. The van der Waals surface area contributed by atoms with Gasteiger partial charge in [0.2, 0.25) is 11.7 Å². The fraction of sp³-hybridized carbons (Fsp3) is 0.176. The fourth-order valence-electron chi connectivity index (χ4n) is 2.57. The first-order valence-corrected chi connectivity index (χ1v) is 8.12. The molecule has 0 saturated heterocycles. The minimum atomic E-state index is 0.488. The van der Waals surface area contributed by atoms with E-state index in [0.717, 1.165) is 16.9 Å². The summed E-state index contributed by atoms with van der Waals surface area (Å²) >= 11 is 6.00. The number of imidazole rings is 1. The van der Waals surface area contributed by atoms with Gasteiger partial charge in [-0.2, -0.15) is 4.98 Å². The van der Waals surface area contributed by atoms with E-state index in [4.69, 9.17) is 16.1 Å². The van der Waals surface area contributed by atoms with Gasteiger partial charge in [0.15, 0.2) is 0 Å². The van der Waals surface area contributed by atoms with Crippen molar-refractivity contribution in [2.24, 2.45) is 0 Å². The Kier molecular flexibility index (Phi) is 4.17. The third-order valence-electron chi connectivity index (χ3n) is 3.68. The van der Waals surface area contributed by atoms with E-state index in [-0.39, 0.29) is 0 Å². The molecule has 0 spiro atoms. The number of nitrogens with one attached hydrogen (secondary N) is 1. The standard InChI is InChI=1S/C17H15ClN6O/c1-24(9-15-20-12-6-5-11(18)8-14(12)21-15)10-16-22-17(23-25-16)13-4-2-3-7-19-13/h2-8H,9-10H2,1H3,(H,20,21). The van der Waals surface area contributed by atoms with Gasteiger partial charge in [-0.1, -0.05) is 22.8 Å². The predicted octanol–water partition coefficient (Wildman–Crippen LogP) is 3.29. The van der Waals surface area contributed by atoms with Crippen LogP contribution in [0.25, 0.3) is 22.6 Å². The van der Waals surface area contributed by atoms with E-state index in [1.165, 1.54) is 0 Å². The second-order valence-electron chi connectivity index (χ2n) is 5.74. The van der Waals surface area contributed by atoms with Gasteiger partial charge in [0, 0.05) is 11.2 Å². The van der Waals surface area contributed by atoms with Crippen LogP contribution in [0.1, 0.15) is 11.7 Å². The van der Waals surface area contributed by atoms with Crippen LogP contribution < -0.4 is 0 Å².